The minimum atomic E-state index is -1.63. The van der Waals surface area contributed by atoms with Gasteiger partial charge in [-0.25, -0.2) is 17.3 Å². The molecule has 1 amide bonds. The van der Waals surface area contributed by atoms with E-state index < -0.39 is 16.8 Å². The number of hydrogen-bond donors (Lipinski definition) is 1. The van der Waals surface area contributed by atoms with Crippen molar-refractivity contribution in [3.8, 4) is 11.3 Å². The van der Waals surface area contributed by atoms with Crippen molar-refractivity contribution in [2.24, 2.45) is 0 Å². The van der Waals surface area contributed by atoms with Gasteiger partial charge in [-0.15, -0.1) is 0 Å². The highest BCUT2D eigenvalue weighted by molar-refractivity contribution is 7.99. The number of carbonyl (C=O) groups is 1. The van der Waals surface area contributed by atoms with Crippen molar-refractivity contribution < 1.29 is 22.2 Å². The molecular formula is C29H29F2N3O3S2. The van der Waals surface area contributed by atoms with E-state index in [4.69, 9.17) is 4.42 Å². The van der Waals surface area contributed by atoms with Crippen molar-refractivity contribution in [1.82, 2.24) is 9.62 Å². The van der Waals surface area contributed by atoms with Crippen molar-refractivity contribution in [2.45, 2.75) is 23.7 Å². The summed E-state index contributed by atoms with van der Waals surface area (Å²) in [5.41, 5.74) is 3.42. The number of amides is 1. The van der Waals surface area contributed by atoms with Crippen LogP contribution in [-0.4, -0.2) is 47.9 Å². The molecule has 1 aromatic heterocycles. The molecule has 39 heavy (non-hydrogen) atoms. The molecule has 6 nitrogen and oxygen atoms in total. The molecule has 0 radical (unpaired) electrons. The van der Waals surface area contributed by atoms with Crippen molar-refractivity contribution in [3.05, 3.63) is 83.4 Å². The molecular weight excluding hydrogens is 540 g/mol. The molecule has 204 valence electrons. The van der Waals surface area contributed by atoms with E-state index in [2.05, 4.69) is 5.32 Å². The van der Waals surface area contributed by atoms with Crippen LogP contribution in [0.3, 0.4) is 0 Å². The zero-order chi connectivity index (χ0) is 27.7. The van der Waals surface area contributed by atoms with E-state index in [0.29, 0.717) is 40.9 Å². The maximum absolute atomic E-state index is 14.4. The van der Waals surface area contributed by atoms with E-state index >= 15 is 0 Å². The van der Waals surface area contributed by atoms with Gasteiger partial charge in [0.25, 0.3) is 5.91 Å². The number of piperidine rings is 1. The molecule has 1 saturated heterocycles. The molecule has 2 atom stereocenters. The van der Waals surface area contributed by atoms with Gasteiger partial charge in [0.1, 0.15) is 34.0 Å². The monoisotopic (exact) mass is 569 g/mol. The first kappa shape index (κ1) is 27.4. The first-order chi connectivity index (χ1) is 18.8. The quantitative estimate of drug-likeness (QED) is 0.263. The van der Waals surface area contributed by atoms with E-state index in [1.165, 1.54) is 30.1 Å². The lowest BCUT2D eigenvalue weighted by Gasteiger charge is -2.34. The number of fused-ring (bicyclic) bond motifs is 1. The molecule has 5 rings (SSSR count). The standard InChI is InChI=1S/C29H29F2N3O3S2/c1-32-29(35)27-22-15-21(19-7-6-14-34(17-19)39(36)26-9-5-4-8-23(26)31)24(33(2)38-3)16-25(22)37-28(27)18-10-12-20(30)13-11-18/h4-5,8-13,15-16,19H,6-7,14,17H2,1-3H3,(H,32,35)/t19-,39?/m0/s1. The number of nitrogens with one attached hydrogen (secondary N) is 1. The van der Waals surface area contributed by atoms with Crippen LogP contribution in [0.15, 0.2) is 70.0 Å². The summed E-state index contributed by atoms with van der Waals surface area (Å²) in [5.74, 6) is -0.812. The highest BCUT2D eigenvalue weighted by atomic mass is 32.2. The molecule has 10 heteroatoms. The summed E-state index contributed by atoms with van der Waals surface area (Å²) in [6.07, 6.45) is 3.61. The van der Waals surface area contributed by atoms with Gasteiger partial charge >= 0.3 is 0 Å². The first-order valence-electron chi connectivity index (χ1n) is 12.6. The Labute approximate surface area is 233 Å². The summed E-state index contributed by atoms with van der Waals surface area (Å²) in [6, 6.07) is 15.9. The number of rotatable bonds is 7. The molecule has 3 aromatic carbocycles. The summed E-state index contributed by atoms with van der Waals surface area (Å²) >= 11 is 1.54. The molecule has 1 N–H and O–H groups in total. The van der Waals surface area contributed by atoms with E-state index in [1.54, 1.807) is 37.4 Å². The largest absolute Gasteiger partial charge is 0.455 e. The van der Waals surface area contributed by atoms with E-state index in [0.717, 1.165) is 24.1 Å². The van der Waals surface area contributed by atoms with Crippen LogP contribution in [0.25, 0.3) is 22.3 Å². The van der Waals surface area contributed by atoms with Crippen LogP contribution in [0, 0.1) is 11.6 Å². The van der Waals surface area contributed by atoms with Gasteiger partial charge in [-0.05, 0) is 66.8 Å². The molecule has 1 aliphatic heterocycles. The highest BCUT2D eigenvalue weighted by Gasteiger charge is 2.31. The topological polar surface area (TPSA) is 65.8 Å². The van der Waals surface area contributed by atoms with Gasteiger partial charge in [-0.1, -0.05) is 24.1 Å². The van der Waals surface area contributed by atoms with Gasteiger partial charge < -0.3 is 14.0 Å². The van der Waals surface area contributed by atoms with Crippen LogP contribution in [0.1, 0.15) is 34.7 Å². The second kappa shape index (κ2) is 11.5. The zero-order valence-electron chi connectivity index (χ0n) is 21.9. The lowest BCUT2D eigenvalue weighted by atomic mass is 9.89. The molecule has 1 unspecified atom stereocenters. The third-order valence-corrected chi connectivity index (χ3v) is 9.35. The summed E-state index contributed by atoms with van der Waals surface area (Å²) in [7, 11) is 1.88. The fourth-order valence-electron chi connectivity index (χ4n) is 5.07. The normalized spacial score (nSPS) is 16.8. The number of carbonyl (C=O) groups excluding carboxylic acids is 1. The molecule has 1 aliphatic rings. The maximum Gasteiger partial charge on any atom is 0.255 e. The smallest absolute Gasteiger partial charge is 0.255 e. The Balaban J connectivity index is 1.61. The SMILES string of the molecule is CNC(=O)c1c(-c2ccc(F)cc2)oc2cc(N(C)SC)c([C@H]3CCCN(S(=O)c4ccccc4F)C3)cc12. The van der Waals surface area contributed by atoms with Gasteiger partial charge in [-0.3, -0.25) is 4.79 Å². The summed E-state index contributed by atoms with van der Waals surface area (Å²) in [5, 5.41) is 3.35. The Kier molecular flexibility index (Phi) is 8.06. The zero-order valence-corrected chi connectivity index (χ0v) is 23.5. The van der Waals surface area contributed by atoms with Gasteiger partial charge in [0.2, 0.25) is 0 Å². The predicted molar refractivity (Wildman–Crippen MR) is 153 cm³/mol. The molecule has 0 bridgehead atoms. The van der Waals surface area contributed by atoms with E-state index in [-0.39, 0.29) is 22.5 Å². The summed E-state index contributed by atoms with van der Waals surface area (Å²) in [6.45, 7) is 1.07. The van der Waals surface area contributed by atoms with Gasteiger partial charge in [-0.2, -0.15) is 0 Å². The Morgan fingerprint density at radius 1 is 1.15 bits per heavy atom. The average Bonchev–Trinajstić information content (AvgIpc) is 3.34. The molecule has 0 spiro atoms. The van der Waals surface area contributed by atoms with Gasteiger partial charge in [0.05, 0.1) is 16.1 Å². The number of benzene rings is 3. The fourth-order valence-corrected chi connectivity index (χ4v) is 6.75. The maximum atomic E-state index is 14.4. The van der Waals surface area contributed by atoms with Gasteiger partial charge in [0.15, 0.2) is 0 Å². The second-order valence-electron chi connectivity index (χ2n) is 9.39. The highest BCUT2D eigenvalue weighted by Crippen LogP contribution is 2.42. The van der Waals surface area contributed by atoms with Crippen LogP contribution in [0.4, 0.5) is 14.5 Å². The number of furan rings is 1. The molecule has 2 heterocycles. The van der Waals surface area contributed by atoms with Crippen molar-refractivity contribution in [2.75, 3.05) is 37.7 Å². The van der Waals surface area contributed by atoms with Crippen molar-refractivity contribution in [1.29, 1.82) is 0 Å². The Morgan fingerprint density at radius 2 is 1.90 bits per heavy atom. The van der Waals surface area contributed by atoms with Crippen LogP contribution in [-0.2, 0) is 11.0 Å². The molecule has 4 aromatic rings. The Hall–Kier alpha value is -3.21. The first-order valence-corrected chi connectivity index (χ1v) is 14.9. The fraction of sp³-hybridized carbons (Fsp3) is 0.276. The number of halogens is 2. The molecule has 0 saturated carbocycles. The summed E-state index contributed by atoms with van der Waals surface area (Å²) < 4.78 is 51.5. The minimum absolute atomic E-state index is 0.00909. The van der Waals surface area contributed by atoms with Gasteiger partial charge in [0, 0.05) is 50.5 Å². The lowest BCUT2D eigenvalue weighted by Crippen LogP contribution is -2.36. The second-order valence-corrected chi connectivity index (χ2v) is 11.8. The van der Waals surface area contributed by atoms with Crippen LogP contribution in [0.5, 0.6) is 0 Å². The third kappa shape index (κ3) is 5.33. The number of nitrogens with zero attached hydrogens (tertiary/aromatic N) is 2. The van der Waals surface area contributed by atoms with Crippen LogP contribution < -0.4 is 9.62 Å². The van der Waals surface area contributed by atoms with Crippen molar-refractivity contribution in [3.63, 3.8) is 0 Å². The minimum Gasteiger partial charge on any atom is -0.455 e. The number of anilines is 1. The lowest BCUT2D eigenvalue weighted by molar-refractivity contribution is 0.0964. The molecule has 1 fully saturated rings. The average molecular weight is 570 g/mol. The van der Waals surface area contributed by atoms with E-state index in [1.807, 2.05) is 34.0 Å². The Morgan fingerprint density at radius 3 is 2.59 bits per heavy atom. The molecule has 0 aliphatic carbocycles. The Bertz CT molecular complexity index is 1540. The predicted octanol–water partition coefficient (Wildman–Crippen LogP) is 6.35. The number of hydrogen-bond acceptors (Lipinski definition) is 5. The van der Waals surface area contributed by atoms with Crippen molar-refractivity contribution >= 4 is 45.5 Å². The van der Waals surface area contributed by atoms with Crippen LogP contribution in [0.2, 0.25) is 0 Å². The third-order valence-electron chi connectivity index (χ3n) is 7.09. The van der Waals surface area contributed by atoms with E-state index in [9.17, 15) is 17.8 Å². The summed E-state index contributed by atoms with van der Waals surface area (Å²) in [4.78, 5) is 13.3. The van der Waals surface area contributed by atoms with Crippen LogP contribution >= 0.6 is 11.9 Å².